The largest absolute Gasteiger partial charge is 0.323 e. The molecule has 3 unspecified atom stereocenters. The summed E-state index contributed by atoms with van der Waals surface area (Å²) in [6.07, 6.45) is 0. The molecule has 3 N–H and O–H groups in total. The van der Waals surface area contributed by atoms with Crippen molar-refractivity contribution in [1.82, 2.24) is 10.2 Å². The first kappa shape index (κ1) is 7.98. The number of likely N-dealkylation sites (N-methyl/N-ethyl adjacent to an activating group) is 2. The van der Waals surface area contributed by atoms with Crippen molar-refractivity contribution in [3.8, 4) is 0 Å². The number of hydrogen-bond acceptors (Lipinski definition) is 3. The third kappa shape index (κ3) is 0.944. The smallest absolute Gasteiger partial charge is 0.0470 e. The Morgan fingerprint density at radius 1 is 1.50 bits per heavy atom. The summed E-state index contributed by atoms with van der Waals surface area (Å²) in [7, 11) is 6.08. The number of nitrogens with two attached hydrogens (primary N) is 1. The van der Waals surface area contributed by atoms with Gasteiger partial charge in [-0.05, 0) is 28.1 Å². The first-order valence-corrected chi connectivity index (χ1v) is 3.64. The number of nitrogens with one attached hydrogen (secondary N) is 1. The lowest BCUT2D eigenvalue weighted by molar-refractivity contribution is 0.363. The molecule has 60 valence electrons. The lowest BCUT2D eigenvalue weighted by Gasteiger charge is -2.09. The average Bonchev–Trinajstić information content (AvgIpc) is 2.33. The monoisotopic (exact) mass is 143 g/mol. The van der Waals surface area contributed by atoms with E-state index in [0.717, 1.165) is 0 Å². The van der Waals surface area contributed by atoms with Crippen molar-refractivity contribution in [3.05, 3.63) is 0 Å². The molecule has 3 atom stereocenters. The Morgan fingerprint density at radius 2 is 2.00 bits per heavy atom. The molecule has 3 heteroatoms. The van der Waals surface area contributed by atoms with Gasteiger partial charge in [0, 0.05) is 17.6 Å². The Kier molecular flexibility index (Phi) is 1.75. The molecule has 1 fully saturated rings. The van der Waals surface area contributed by atoms with Crippen LogP contribution in [0.1, 0.15) is 6.92 Å². The molecule has 0 spiro atoms. The SMILES string of the molecule is CNC1C(N(C)C)C1(C)N. The minimum Gasteiger partial charge on any atom is -0.323 e. The van der Waals surface area contributed by atoms with Crippen LogP contribution in [0.15, 0.2) is 0 Å². The van der Waals surface area contributed by atoms with E-state index in [1.807, 2.05) is 7.05 Å². The zero-order valence-corrected chi connectivity index (χ0v) is 7.18. The fraction of sp³-hybridized carbons (Fsp3) is 1.00. The van der Waals surface area contributed by atoms with Crippen molar-refractivity contribution in [2.45, 2.75) is 24.5 Å². The van der Waals surface area contributed by atoms with E-state index in [-0.39, 0.29) is 5.54 Å². The standard InChI is InChI=1S/C7H17N3/c1-7(8)5(9-2)6(7)10(3)4/h5-6,9H,8H2,1-4H3. The molecule has 1 aliphatic carbocycles. The van der Waals surface area contributed by atoms with Gasteiger partial charge in [0.2, 0.25) is 0 Å². The van der Waals surface area contributed by atoms with Crippen LogP contribution < -0.4 is 11.1 Å². The molecule has 0 aliphatic heterocycles. The fourth-order valence-corrected chi connectivity index (χ4v) is 1.83. The Morgan fingerprint density at radius 3 is 2.10 bits per heavy atom. The van der Waals surface area contributed by atoms with Gasteiger partial charge in [0.15, 0.2) is 0 Å². The van der Waals surface area contributed by atoms with E-state index in [0.29, 0.717) is 12.1 Å². The van der Waals surface area contributed by atoms with Crippen LogP contribution >= 0.6 is 0 Å². The van der Waals surface area contributed by atoms with Crippen molar-refractivity contribution in [3.63, 3.8) is 0 Å². The second kappa shape index (κ2) is 2.19. The van der Waals surface area contributed by atoms with Gasteiger partial charge in [0.1, 0.15) is 0 Å². The molecule has 0 aromatic rings. The number of nitrogens with zero attached hydrogens (tertiary/aromatic N) is 1. The van der Waals surface area contributed by atoms with Gasteiger partial charge in [0.25, 0.3) is 0 Å². The van der Waals surface area contributed by atoms with Gasteiger partial charge in [-0.15, -0.1) is 0 Å². The summed E-state index contributed by atoms with van der Waals surface area (Å²) in [5, 5.41) is 3.19. The second-order valence-corrected chi connectivity index (χ2v) is 3.54. The van der Waals surface area contributed by atoms with E-state index in [4.69, 9.17) is 5.73 Å². The van der Waals surface area contributed by atoms with E-state index < -0.39 is 0 Å². The van der Waals surface area contributed by atoms with Gasteiger partial charge in [-0.3, -0.25) is 0 Å². The normalized spacial score (nSPS) is 46.2. The molecule has 0 aromatic carbocycles. The van der Waals surface area contributed by atoms with Gasteiger partial charge >= 0.3 is 0 Å². The summed E-state index contributed by atoms with van der Waals surface area (Å²) in [5.74, 6) is 0. The Hall–Kier alpha value is -0.120. The van der Waals surface area contributed by atoms with Gasteiger partial charge in [-0.25, -0.2) is 0 Å². The lowest BCUT2D eigenvalue weighted by Crippen LogP contribution is -2.31. The predicted octanol–water partition coefficient (Wildman–Crippen LogP) is -0.764. The van der Waals surface area contributed by atoms with Crippen LogP contribution in [0.25, 0.3) is 0 Å². The van der Waals surface area contributed by atoms with Gasteiger partial charge in [-0.1, -0.05) is 0 Å². The second-order valence-electron chi connectivity index (χ2n) is 3.54. The molecule has 1 aliphatic rings. The van der Waals surface area contributed by atoms with E-state index in [9.17, 15) is 0 Å². The van der Waals surface area contributed by atoms with Crippen LogP contribution in [-0.4, -0.2) is 43.7 Å². The molecule has 10 heavy (non-hydrogen) atoms. The topological polar surface area (TPSA) is 41.3 Å². The maximum Gasteiger partial charge on any atom is 0.0470 e. The van der Waals surface area contributed by atoms with Gasteiger partial charge in [0.05, 0.1) is 0 Å². The molecule has 0 aromatic heterocycles. The molecular formula is C7H17N3. The summed E-state index contributed by atoms with van der Waals surface area (Å²) < 4.78 is 0. The highest BCUT2D eigenvalue weighted by molar-refractivity contribution is 5.23. The summed E-state index contributed by atoms with van der Waals surface area (Å²) in [6.45, 7) is 2.08. The summed E-state index contributed by atoms with van der Waals surface area (Å²) in [5.41, 5.74) is 5.93. The maximum absolute atomic E-state index is 5.96. The highest BCUT2D eigenvalue weighted by atomic mass is 15.3. The highest BCUT2D eigenvalue weighted by Crippen LogP contribution is 2.36. The summed E-state index contributed by atoms with van der Waals surface area (Å²) in [6, 6.07) is 0.958. The molecule has 0 amide bonds. The Bertz CT molecular complexity index is 131. The van der Waals surface area contributed by atoms with Crippen LogP contribution in [0, 0.1) is 0 Å². The average molecular weight is 143 g/mol. The van der Waals surface area contributed by atoms with Crippen molar-refractivity contribution in [2.24, 2.45) is 5.73 Å². The minimum absolute atomic E-state index is 0.0295. The molecule has 0 bridgehead atoms. The molecule has 0 saturated heterocycles. The maximum atomic E-state index is 5.96. The molecule has 1 saturated carbocycles. The predicted molar refractivity (Wildman–Crippen MR) is 42.9 cm³/mol. The van der Waals surface area contributed by atoms with Gasteiger partial charge < -0.3 is 16.0 Å². The zero-order valence-electron chi connectivity index (χ0n) is 7.18. The molecule has 1 rings (SSSR count). The summed E-state index contributed by atoms with van der Waals surface area (Å²) in [4.78, 5) is 2.17. The van der Waals surface area contributed by atoms with Gasteiger partial charge in [-0.2, -0.15) is 0 Å². The first-order valence-electron chi connectivity index (χ1n) is 3.64. The van der Waals surface area contributed by atoms with Crippen LogP contribution in [0.2, 0.25) is 0 Å². The zero-order chi connectivity index (χ0) is 7.94. The Balaban J connectivity index is 2.53. The highest BCUT2D eigenvalue weighted by Gasteiger charge is 2.59. The lowest BCUT2D eigenvalue weighted by atomic mass is 10.3. The van der Waals surface area contributed by atoms with Crippen LogP contribution in [0.4, 0.5) is 0 Å². The van der Waals surface area contributed by atoms with E-state index in [1.54, 1.807) is 0 Å². The molecule has 0 heterocycles. The molecular weight excluding hydrogens is 126 g/mol. The van der Waals surface area contributed by atoms with Crippen molar-refractivity contribution < 1.29 is 0 Å². The van der Waals surface area contributed by atoms with E-state index in [1.165, 1.54) is 0 Å². The van der Waals surface area contributed by atoms with Crippen molar-refractivity contribution >= 4 is 0 Å². The summed E-state index contributed by atoms with van der Waals surface area (Å²) >= 11 is 0. The van der Waals surface area contributed by atoms with Crippen molar-refractivity contribution in [1.29, 1.82) is 0 Å². The molecule has 3 nitrogen and oxygen atoms in total. The van der Waals surface area contributed by atoms with Crippen LogP contribution in [-0.2, 0) is 0 Å². The third-order valence-corrected chi connectivity index (χ3v) is 2.38. The van der Waals surface area contributed by atoms with E-state index >= 15 is 0 Å². The quantitative estimate of drug-likeness (QED) is 0.533. The van der Waals surface area contributed by atoms with E-state index in [2.05, 4.69) is 31.2 Å². The minimum atomic E-state index is -0.0295. The third-order valence-electron chi connectivity index (χ3n) is 2.38. The van der Waals surface area contributed by atoms with Crippen LogP contribution in [0.3, 0.4) is 0 Å². The fourth-order valence-electron chi connectivity index (χ4n) is 1.83. The number of rotatable bonds is 2. The Labute approximate surface area is 62.6 Å². The molecule has 0 radical (unpaired) electrons. The van der Waals surface area contributed by atoms with Crippen molar-refractivity contribution in [2.75, 3.05) is 21.1 Å². The number of hydrogen-bond donors (Lipinski definition) is 2. The first-order chi connectivity index (χ1) is 4.51. The van der Waals surface area contributed by atoms with Crippen LogP contribution in [0.5, 0.6) is 0 Å².